The van der Waals surface area contributed by atoms with E-state index in [0.717, 1.165) is 63.4 Å². The van der Waals surface area contributed by atoms with E-state index in [9.17, 15) is 9.59 Å². The number of carbonyl (C=O) groups excluding carboxylic acids is 2. The van der Waals surface area contributed by atoms with Crippen LogP contribution in [0.25, 0.3) is 9.53 Å². The molecule has 2 aromatic carbocycles. The molecule has 13 heteroatoms. The zero-order valence-corrected chi connectivity index (χ0v) is 28.2. The number of unbranched alkanes of at least 4 members (excludes halogenated alkanes) is 6. The van der Waals surface area contributed by atoms with Crippen LogP contribution in [-0.2, 0) is 19.1 Å². The van der Waals surface area contributed by atoms with Crippen molar-refractivity contribution in [3.8, 4) is 5.75 Å². The first-order chi connectivity index (χ1) is 23.0. The molecule has 0 aliphatic heterocycles. The molecular weight excluding hydrogens is 637 g/mol. The number of aromatic nitrogens is 1. The number of azo groups is 2. The van der Waals surface area contributed by atoms with Gasteiger partial charge in [0.1, 0.15) is 22.2 Å². The standard InChI is InChI=1S/C34H40N6O5S2/c1-3-31(41)44-22-11-9-7-5-6-8-10-21-43-28-18-16-27(17-19-28)37-39-30-24-29-33(47-30)36-34(46-29)40-38-26-14-12-25(13-15-26)35-20-23-45-32(42)4-2/h4,12-19,24,35H,2-3,5-11,20-23H2,1H3. The van der Waals surface area contributed by atoms with Crippen molar-refractivity contribution in [2.75, 3.05) is 31.7 Å². The molecule has 0 fully saturated rings. The highest BCUT2D eigenvalue weighted by Crippen LogP contribution is 2.39. The monoisotopic (exact) mass is 676 g/mol. The van der Waals surface area contributed by atoms with Crippen molar-refractivity contribution in [1.82, 2.24) is 4.98 Å². The molecule has 0 unspecified atom stereocenters. The maximum atomic E-state index is 11.1. The van der Waals surface area contributed by atoms with Crippen molar-refractivity contribution in [1.29, 1.82) is 0 Å². The summed E-state index contributed by atoms with van der Waals surface area (Å²) in [5.74, 6) is 0.268. The molecule has 248 valence electrons. The van der Waals surface area contributed by atoms with E-state index in [4.69, 9.17) is 14.2 Å². The van der Waals surface area contributed by atoms with Gasteiger partial charge in [0.15, 0.2) is 0 Å². The zero-order valence-electron chi connectivity index (χ0n) is 26.6. The number of thiophene rings is 1. The highest BCUT2D eigenvalue weighted by Gasteiger charge is 2.08. The highest BCUT2D eigenvalue weighted by atomic mass is 32.1. The molecule has 0 bridgehead atoms. The van der Waals surface area contributed by atoms with Crippen LogP contribution in [0.3, 0.4) is 0 Å². The summed E-state index contributed by atoms with van der Waals surface area (Å²) in [6.45, 7) is 7.16. The van der Waals surface area contributed by atoms with Gasteiger partial charge in [-0.2, -0.15) is 0 Å². The predicted octanol–water partition coefficient (Wildman–Crippen LogP) is 10.4. The summed E-state index contributed by atoms with van der Waals surface area (Å²) in [7, 11) is 0. The van der Waals surface area contributed by atoms with Crippen molar-refractivity contribution >= 4 is 71.3 Å². The molecule has 1 N–H and O–H groups in total. The lowest BCUT2D eigenvalue weighted by atomic mass is 10.1. The maximum absolute atomic E-state index is 11.1. The second-order valence-electron chi connectivity index (χ2n) is 10.4. The quantitative estimate of drug-likeness (QED) is 0.0401. The van der Waals surface area contributed by atoms with Crippen molar-refractivity contribution in [2.24, 2.45) is 20.5 Å². The lowest BCUT2D eigenvalue weighted by molar-refractivity contribution is -0.143. The van der Waals surface area contributed by atoms with Crippen LogP contribution in [0.4, 0.5) is 27.2 Å². The van der Waals surface area contributed by atoms with Crippen LogP contribution in [0, 0.1) is 0 Å². The highest BCUT2D eigenvalue weighted by molar-refractivity contribution is 7.30. The van der Waals surface area contributed by atoms with Gasteiger partial charge in [0, 0.05) is 24.7 Å². The molecule has 0 aliphatic carbocycles. The maximum Gasteiger partial charge on any atom is 0.330 e. The fraction of sp³-hybridized carbons (Fsp3) is 0.382. The van der Waals surface area contributed by atoms with Gasteiger partial charge in [-0.15, -0.1) is 20.5 Å². The third kappa shape index (κ3) is 13.0. The fourth-order valence-corrected chi connectivity index (χ4v) is 6.09. The minimum Gasteiger partial charge on any atom is -0.494 e. The Morgan fingerprint density at radius 1 is 0.809 bits per heavy atom. The molecule has 0 amide bonds. The molecule has 0 atom stereocenters. The number of thiazole rings is 1. The van der Waals surface area contributed by atoms with Crippen molar-refractivity contribution < 1.29 is 23.8 Å². The first kappa shape index (κ1) is 35.4. The molecule has 4 aromatic rings. The van der Waals surface area contributed by atoms with Gasteiger partial charge in [0.25, 0.3) is 0 Å². The molecule has 0 radical (unpaired) electrons. The van der Waals surface area contributed by atoms with E-state index in [1.54, 1.807) is 0 Å². The fourth-order valence-electron chi connectivity index (χ4n) is 4.24. The number of hydrogen-bond acceptors (Lipinski definition) is 13. The molecule has 47 heavy (non-hydrogen) atoms. The molecule has 11 nitrogen and oxygen atoms in total. The van der Waals surface area contributed by atoms with Gasteiger partial charge in [-0.25, -0.2) is 9.78 Å². The van der Waals surface area contributed by atoms with Crippen LogP contribution in [0.2, 0.25) is 0 Å². The molecule has 0 spiro atoms. The van der Waals surface area contributed by atoms with Gasteiger partial charge in [0.2, 0.25) is 5.13 Å². The molecule has 0 aliphatic rings. The minimum absolute atomic E-state index is 0.115. The largest absolute Gasteiger partial charge is 0.494 e. The van der Waals surface area contributed by atoms with E-state index < -0.39 is 5.97 Å². The Balaban J connectivity index is 1.12. The predicted molar refractivity (Wildman–Crippen MR) is 187 cm³/mol. The SMILES string of the molecule is C=CC(=O)OCCNc1ccc(N=Nc2nc3sc(N=Nc4ccc(OCCCCCCCCCOC(=O)CC)cc4)cc3s2)cc1. The minimum atomic E-state index is -0.440. The number of nitrogens with one attached hydrogen (secondary N) is 1. The van der Waals surface area contributed by atoms with Gasteiger partial charge in [-0.05, 0) is 67.4 Å². The molecular formula is C34H40N6O5S2. The Morgan fingerprint density at radius 3 is 2.15 bits per heavy atom. The van der Waals surface area contributed by atoms with Crippen LogP contribution < -0.4 is 10.1 Å². The average molecular weight is 677 g/mol. The van der Waals surface area contributed by atoms with E-state index in [-0.39, 0.29) is 12.6 Å². The Hall–Kier alpha value is -4.49. The molecule has 4 rings (SSSR count). The smallest absolute Gasteiger partial charge is 0.330 e. The summed E-state index contributed by atoms with van der Waals surface area (Å²) in [5, 5.41) is 21.8. The van der Waals surface area contributed by atoms with Gasteiger partial charge in [-0.3, -0.25) is 4.79 Å². The summed E-state index contributed by atoms with van der Waals surface area (Å²) >= 11 is 2.90. The summed E-state index contributed by atoms with van der Waals surface area (Å²) in [6.07, 6.45) is 9.35. The van der Waals surface area contributed by atoms with Crippen LogP contribution in [0.1, 0.15) is 58.3 Å². The van der Waals surface area contributed by atoms with E-state index in [1.165, 1.54) is 41.9 Å². The van der Waals surface area contributed by atoms with E-state index >= 15 is 0 Å². The number of anilines is 1. The Bertz CT molecular complexity index is 1580. The van der Waals surface area contributed by atoms with Gasteiger partial charge in [-0.1, -0.05) is 68.3 Å². The molecule has 2 heterocycles. The number of hydrogen-bond donors (Lipinski definition) is 1. The second kappa shape index (κ2) is 19.9. The molecule has 0 saturated heterocycles. The summed E-state index contributed by atoms with van der Waals surface area (Å²) < 4.78 is 16.9. The number of nitrogens with zero attached hydrogens (tertiary/aromatic N) is 5. The van der Waals surface area contributed by atoms with Crippen molar-refractivity contribution in [3.63, 3.8) is 0 Å². The summed E-state index contributed by atoms with van der Waals surface area (Å²) in [5.41, 5.74) is 2.33. The van der Waals surface area contributed by atoms with Gasteiger partial charge < -0.3 is 19.5 Å². The van der Waals surface area contributed by atoms with Crippen molar-refractivity contribution in [3.05, 3.63) is 67.3 Å². The first-order valence-corrected chi connectivity index (χ1v) is 17.4. The second-order valence-corrected chi connectivity index (χ2v) is 12.4. The van der Waals surface area contributed by atoms with E-state index in [1.807, 2.05) is 61.5 Å². The molecule has 2 aromatic heterocycles. The zero-order chi connectivity index (χ0) is 33.1. The number of carbonyl (C=O) groups is 2. The Kier molecular flexibility index (Phi) is 15.0. The van der Waals surface area contributed by atoms with Crippen molar-refractivity contribution in [2.45, 2.75) is 58.3 Å². The van der Waals surface area contributed by atoms with E-state index in [0.29, 0.717) is 37.0 Å². The average Bonchev–Trinajstić information content (AvgIpc) is 3.66. The lowest BCUT2D eigenvalue weighted by Gasteiger charge is -2.06. The summed E-state index contributed by atoms with van der Waals surface area (Å²) in [6, 6.07) is 17.0. The number of rotatable bonds is 21. The van der Waals surface area contributed by atoms with E-state index in [2.05, 4.69) is 37.3 Å². The Morgan fingerprint density at radius 2 is 1.47 bits per heavy atom. The van der Waals surface area contributed by atoms with Crippen LogP contribution in [-0.4, -0.2) is 43.3 Å². The lowest BCUT2D eigenvalue weighted by Crippen LogP contribution is -2.12. The first-order valence-electron chi connectivity index (χ1n) is 15.8. The van der Waals surface area contributed by atoms with Crippen LogP contribution >= 0.6 is 22.7 Å². The third-order valence-electron chi connectivity index (χ3n) is 6.74. The van der Waals surface area contributed by atoms with Gasteiger partial charge in [0.05, 0.1) is 29.3 Å². The number of ether oxygens (including phenoxy) is 3. The third-order valence-corrected chi connectivity index (χ3v) is 8.66. The summed E-state index contributed by atoms with van der Waals surface area (Å²) in [4.78, 5) is 27.6. The number of fused-ring (bicyclic) bond motifs is 1. The van der Waals surface area contributed by atoms with Crippen LogP contribution in [0.15, 0.2) is 87.7 Å². The number of benzene rings is 2. The molecule has 0 saturated carbocycles. The Labute approximate surface area is 282 Å². The van der Waals surface area contributed by atoms with Gasteiger partial charge >= 0.3 is 11.9 Å². The normalized spacial score (nSPS) is 11.3. The van der Waals surface area contributed by atoms with Crippen LogP contribution in [0.5, 0.6) is 5.75 Å². The number of esters is 2. The topological polar surface area (TPSA) is 136 Å².